The molecule has 4 heteroatoms. The lowest BCUT2D eigenvalue weighted by Crippen LogP contribution is -2.14. The van der Waals surface area contributed by atoms with Gasteiger partial charge in [0.15, 0.2) is 0 Å². The third-order valence-corrected chi connectivity index (χ3v) is 3.84. The summed E-state index contributed by atoms with van der Waals surface area (Å²) in [5, 5.41) is 3.95. The molecule has 4 nitrogen and oxygen atoms in total. The number of carbonyl (C=O) groups is 1. The maximum Gasteiger partial charge on any atom is 0.255 e. The van der Waals surface area contributed by atoms with Gasteiger partial charge in [-0.2, -0.15) is 0 Å². The third-order valence-electron chi connectivity index (χ3n) is 3.84. The second-order valence-corrected chi connectivity index (χ2v) is 5.73. The monoisotopic (exact) mass is 305 g/mol. The van der Waals surface area contributed by atoms with E-state index in [0.717, 1.165) is 27.8 Å². The van der Waals surface area contributed by atoms with Gasteiger partial charge in [-0.3, -0.25) is 9.78 Å². The fourth-order valence-electron chi connectivity index (χ4n) is 2.54. The Morgan fingerprint density at radius 1 is 1.09 bits per heavy atom. The predicted molar refractivity (Wildman–Crippen MR) is 95.2 cm³/mol. The minimum atomic E-state index is -0.122. The summed E-state index contributed by atoms with van der Waals surface area (Å²) in [6, 6.07) is 15.3. The summed E-state index contributed by atoms with van der Waals surface area (Å²) in [7, 11) is 3.91. The van der Waals surface area contributed by atoms with E-state index in [1.807, 2.05) is 74.4 Å². The van der Waals surface area contributed by atoms with Crippen LogP contribution in [0.1, 0.15) is 15.9 Å². The first-order chi connectivity index (χ1) is 11.1. The van der Waals surface area contributed by atoms with Crippen molar-refractivity contribution in [1.29, 1.82) is 0 Å². The smallest absolute Gasteiger partial charge is 0.255 e. The molecule has 0 saturated carbocycles. The molecule has 3 aromatic rings. The van der Waals surface area contributed by atoms with Crippen LogP contribution in [0.15, 0.2) is 54.7 Å². The van der Waals surface area contributed by atoms with Crippen molar-refractivity contribution >= 4 is 28.2 Å². The number of benzene rings is 2. The summed E-state index contributed by atoms with van der Waals surface area (Å²) in [6.45, 7) is 2.02. The number of pyridine rings is 1. The number of aryl methyl sites for hydroxylation is 1. The Balaban J connectivity index is 1.95. The van der Waals surface area contributed by atoms with Crippen LogP contribution in [-0.4, -0.2) is 25.0 Å². The molecular weight excluding hydrogens is 286 g/mol. The number of anilines is 2. The van der Waals surface area contributed by atoms with E-state index in [1.165, 1.54) is 0 Å². The van der Waals surface area contributed by atoms with E-state index in [-0.39, 0.29) is 5.91 Å². The van der Waals surface area contributed by atoms with Gasteiger partial charge in [0.1, 0.15) is 0 Å². The fourth-order valence-corrected chi connectivity index (χ4v) is 2.54. The third kappa shape index (κ3) is 3.01. The van der Waals surface area contributed by atoms with Crippen LogP contribution >= 0.6 is 0 Å². The summed E-state index contributed by atoms with van der Waals surface area (Å²) < 4.78 is 0. The second-order valence-electron chi connectivity index (χ2n) is 5.73. The van der Waals surface area contributed by atoms with E-state index in [2.05, 4.69) is 10.3 Å². The molecule has 0 atom stereocenters. The lowest BCUT2D eigenvalue weighted by atomic mass is 10.1. The molecular formula is C19H19N3O. The van der Waals surface area contributed by atoms with Gasteiger partial charge in [-0.05, 0) is 48.9 Å². The molecule has 0 spiro atoms. The van der Waals surface area contributed by atoms with Gasteiger partial charge < -0.3 is 10.2 Å². The molecule has 0 fully saturated rings. The number of hydrogen-bond acceptors (Lipinski definition) is 3. The Morgan fingerprint density at radius 2 is 1.91 bits per heavy atom. The molecule has 2 aromatic carbocycles. The van der Waals surface area contributed by atoms with Gasteiger partial charge in [0, 0.05) is 36.9 Å². The second kappa shape index (κ2) is 6.08. The quantitative estimate of drug-likeness (QED) is 0.799. The Bertz CT molecular complexity index is 871. The van der Waals surface area contributed by atoms with Crippen LogP contribution in [0.2, 0.25) is 0 Å². The van der Waals surface area contributed by atoms with Gasteiger partial charge in [0.25, 0.3) is 5.91 Å². The summed E-state index contributed by atoms with van der Waals surface area (Å²) in [4.78, 5) is 18.9. The SMILES string of the molecule is Cc1ccc(NC(=O)c2cccc(N(C)C)c2)c2cccnc12. The number of fused-ring (bicyclic) bond motifs is 1. The molecule has 0 aliphatic rings. The minimum Gasteiger partial charge on any atom is -0.378 e. The first kappa shape index (κ1) is 15.0. The minimum absolute atomic E-state index is 0.122. The zero-order chi connectivity index (χ0) is 16.4. The molecule has 116 valence electrons. The normalized spacial score (nSPS) is 10.6. The first-order valence-electron chi connectivity index (χ1n) is 7.49. The molecule has 1 aromatic heterocycles. The van der Waals surface area contributed by atoms with E-state index in [4.69, 9.17) is 0 Å². The van der Waals surface area contributed by atoms with E-state index >= 15 is 0 Å². The van der Waals surface area contributed by atoms with E-state index in [9.17, 15) is 4.79 Å². The van der Waals surface area contributed by atoms with Gasteiger partial charge in [0.2, 0.25) is 0 Å². The van der Waals surface area contributed by atoms with Crippen LogP contribution in [0, 0.1) is 6.92 Å². The van der Waals surface area contributed by atoms with Crippen molar-refractivity contribution in [2.75, 3.05) is 24.3 Å². The predicted octanol–water partition coefficient (Wildman–Crippen LogP) is 3.86. The van der Waals surface area contributed by atoms with Gasteiger partial charge in [-0.1, -0.05) is 12.1 Å². The van der Waals surface area contributed by atoms with Gasteiger partial charge in [-0.25, -0.2) is 0 Å². The molecule has 0 saturated heterocycles. The lowest BCUT2D eigenvalue weighted by molar-refractivity contribution is 0.102. The van der Waals surface area contributed by atoms with Gasteiger partial charge >= 0.3 is 0 Å². The van der Waals surface area contributed by atoms with Crippen molar-refractivity contribution in [3.05, 3.63) is 65.9 Å². The van der Waals surface area contributed by atoms with E-state index in [1.54, 1.807) is 6.20 Å². The molecule has 1 N–H and O–H groups in total. The van der Waals surface area contributed by atoms with Gasteiger partial charge in [0.05, 0.1) is 11.2 Å². The van der Waals surface area contributed by atoms with Crippen molar-refractivity contribution < 1.29 is 4.79 Å². The number of carbonyl (C=O) groups excluding carboxylic acids is 1. The number of nitrogens with zero attached hydrogens (tertiary/aromatic N) is 2. The molecule has 0 radical (unpaired) electrons. The standard InChI is InChI=1S/C19H19N3O/c1-13-9-10-17(16-8-5-11-20-18(13)16)21-19(23)14-6-4-7-15(12-14)22(2)3/h4-12H,1-3H3,(H,21,23). The van der Waals surface area contributed by atoms with Crippen LogP contribution < -0.4 is 10.2 Å². The van der Waals surface area contributed by atoms with Gasteiger partial charge in [-0.15, -0.1) is 0 Å². The average Bonchev–Trinajstić information content (AvgIpc) is 2.57. The fraction of sp³-hybridized carbons (Fsp3) is 0.158. The van der Waals surface area contributed by atoms with Crippen molar-refractivity contribution in [3.63, 3.8) is 0 Å². The van der Waals surface area contributed by atoms with Crippen molar-refractivity contribution in [2.24, 2.45) is 0 Å². The highest BCUT2D eigenvalue weighted by molar-refractivity contribution is 6.09. The average molecular weight is 305 g/mol. The summed E-state index contributed by atoms with van der Waals surface area (Å²) in [5.41, 5.74) is 4.40. The summed E-state index contributed by atoms with van der Waals surface area (Å²) in [5.74, 6) is -0.122. The molecule has 1 heterocycles. The van der Waals surface area contributed by atoms with Crippen LogP contribution in [0.25, 0.3) is 10.9 Å². The molecule has 0 unspecified atom stereocenters. The number of hydrogen-bond donors (Lipinski definition) is 1. The Kier molecular flexibility index (Phi) is 3.98. The number of aromatic nitrogens is 1. The summed E-state index contributed by atoms with van der Waals surface area (Å²) in [6.07, 6.45) is 1.77. The topological polar surface area (TPSA) is 45.2 Å². The van der Waals surface area contributed by atoms with E-state index < -0.39 is 0 Å². The maximum atomic E-state index is 12.6. The van der Waals surface area contributed by atoms with E-state index in [0.29, 0.717) is 5.56 Å². The number of rotatable bonds is 3. The molecule has 23 heavy (non-hydrogen) atoms. The highest BCUT2D eigenvalue weighted by atomic mass is 16.1. The highest BCUT2D eigenvalue weighted by Gasteiger charge is 2.10. The van der Waals surface area contributed by atoms with Crippen molar-refractivity contribution in [2.45, 2.75) is 6.92 Å². The molecule has 1 amide bonds. The zero-order valence-electron chi connectivity index (χ0n) is 13.5. The van der Waals surface area contributed by atoms with Crippen LogP contribution in [0.5, 0.6) is 0 Å². The number of nitrogens with one attached hydrogen (secondary N) is 1. The Morgan fingerprint density at radius 3 is 2.70 bits per heavy atom. The highest BCUT2D eigenvalue weighted by Crippen LogP contribution is 2.25. The largest absolute Gasteiger partial charge is 0.378 e. The summed E-state index contributed by atoms with van der Waals surface area (Å²) >= 11 is 0. The maximum absolute atomic E-state index is 12.6. The molecule has 0 bridgehead atoms. The van der Waals surface area contributed by atoms with Crippen LogP contribution in [0.4, 0.5) is 11.4 Å². The zero-order valence-corrected chi connectivity index (χ0v) is 13.5. The van der Waals surface area contributed by atoms with Crippen LogP contribution in [0.3, 0.4) is 0 Å². The van der Waals surface area contributed by atoms with Crippen molar-refractivity contribution in [3.8, 4) is 0 Å². The number of amides is 1. The Labute approximate surface area is 135 Å². The van der Waals surface area contributed by atoms with Crippen molar-refractivity contribution in [1.82, 2.24) is 4.98 Å². The molecule has 3 rings (SSSR count). The first-order valence-corrected chi connectivity index (χ1v) is 7.49. The lowest BCUT2D eigenvalue weighted by Gasteiger charge is -2.14. The Hall–Kier alpha value is -2.88. The molecule has 0 aliphatic carbocycles. The molecule has 0 aliphatic heterocycles. The van der Waals surface area contributed by atoms with Crippen LogP contribution in [-0.2, 0) is 0 Å².